The summed E-state index contributed by atoms with van der Waals surface area (Å²) < 4.78 is 10.4. The fourth-order valence-electron chi connectivity index (χ4n) is 2.44. The first-order valence-electron chi connectivity index (χ1n) is 8.03. The number of carbonyl (C=O) groups is 2. The Morgan fingerprint density at radius 3 is 2.93 bits per heavy atom. The van der Waals surface area contributed by atoms with Gasteiger partial charge in [-0.2, -0.15) is 0 Å². The van der Waals surface area contributed by atoms with Crippen LogP contribution in [0, 0.1) is 0 Å². The highest BCUT2D eigenvalue weighted by atomic mass is 32.1. The maximum atomic E-state index is 12.2. The van der Waals surface area contributed by atoms with Gasteiger partial charge in [0, 0.05) is 28.9 Å². The highest BCUT2D eigenvalue weighted by molar-refractivity contribution is 7.14. The van der Waals surface area contributed by atoms with Crippen molar-refractivity contribution in [2.45, 2.75) is 0 Å². The van der Waals surface area contributed by atoms with Gasteiger partial charge in [0.25, 0.3) is 5.91 Å². The van der Waals surface area contributed by atoms with Crippen molar-refractivity contribution in [3.05, 3.63) is 53.7 Å². The molecule has 3 aromatic rings. The van der Waals surface area contributed by atoms with E-state index in [9.17, 15) is 9.59 Å². The largest absolute Gasteiger partial charge is 0.454 e. The monoisotopic (exact) mass is 382 g/mol. The van der Waals surface area contributed by atoms with Gasteiger partial charge >= 0.3 is 0 Å². The van der Waals surface area contributed by atoms with Crippen LogP contribution in [0.5, 0.6) is 11.5 Å². The Morgan fingerprint density at radius 2 is 2.07 bits per heavy atom. The highest BCUT2D eigenvalue weighted by Gasteiger charge is 2.17. The van der Waals surface area contributed by atoms with Crippen molar-refractivity contribution in [2.75, 3.05) is 18.7 Å². The van der Waals surface area contributed by atoms with Crippen molar-refractivity contribution < 1.29 is 19.1 Å². The summed E-state index contributed by atoms with van der Waals surface area (Å²) in [6, 6.07) is 8.56. The molecule has 0 spiro atoms. The molecule has 0 radical (unpaired) electrons. The molecule has 1 aromatic carbocycles. The first-order valence-corrected chi connectivity index (χ1v) is 8.90. The van der Waals surface area contributed by atoms with E-state index in [1.165, 1.54) is 11.3 Å². The van der Waals surface area contributed by atoms with E-state index in [0.717, 1.165) is 11.3 Å². The molecule has 2 amide bonds. The fourth-order valence-corrected chi connectivity index (χ4v) is 3.18. The molecule has 0 unspecified atom stereocenters. The van der Waals surface area contributed by atoms with E-state index in [0.29, 0.717) is 22.2 Å². The molecule has 136 valence electrons. The van der Waals surface area contributed by atoms with Gasteiger partial charge in [0.05, 0.1) is 12.2 Å². The molecule has 27 heavy (non-hydrogen) atoms. The van der Waals surface area contributed by atoms with Crippen LogP contribution >= 0.6 is 11.3 Å². The SMILES string of the molecule is O=C(CNC(=O)c1ccc2c(c1)OCO2)Nc1nc(-c2cccnc2)cs1. The lowest BCUT2D eigenvalue weighted by atomic mass is 10.2. The molecule has 1 aliphatic rings. The lowest BCUT2D eigenvalue weighted by Gasteiger charge is -2.06. The molecule has 9 heteroatoms. The van der Waals surface area contributed by atoms with Gasteiger partial charge in [0.2, 0.25) is 12.7 Å². The molecule has 0 aliphatic carbocycles. The Morgan fingerprint density at radius 1 is 1.19 bits per heavy atom. The normalized spacial score (nSPS) is 11.9. The van der Waals surface area contributed by atoms with Crippen molar-refractivity contribution in [3.63, 3.8) is 0 Å². The number of aromatic nitrogens is 2. The number of carbonyl (C=O) groups excluding carboxylic acids is 2. The van der Waals surface area contributed by atoms with Crippen LogP contribution in [0.3, 0.4) is 0 Å². The zero-order chi connectivity index (χ0) is 18.6. The second-order valence-electron chi connectivity index (χ2n) is 5.58. The fraction of sp³-hybridized carbons (Fsp3) is 0.111. The first-order chi connectivity index (χ1) is 13.2. The number of nitrogens with one attached hydrogen (secondary N) is 2. The van der Waals surface area contributed by atoms with Crippen molar-refractivity contribution in [3.8, 4) is 22.8 Å². The summed E-state index contributed by atoms with van der Waals surface area (Å²) in [6.07, 6.45) is 3.38. The molecule has 0 saturated heterocycles. The van der Waals surface area contributed by atoms with E-state index < -0.39 is 0 Å². The first kappa shape index (κ1) is 17.0. The molecule has 2 N–H and O–H groups in total. The number of nitrogens with zero attached hydrogens (tertiary/aromatic N) is 2. The molecular weight excluding hydrogens is 368 g/mol. The Hall–Kier alpha value is -3.46. The van der Waals surface area contributed by atoms with Crippen LogP contribution in [0.15, 0.2) is 48.1 Å². The number of amides is 2. The van der Waals surface area contributed by atoms with E-state index in [4.69, 9.17) is 9.47 Å². The molecule has 0 saturated carbocycles. The van der Waals surface area contributed by atoms with Gasteiger partial charge in [-0.25, -0.2) is 4.98 Å². The minimum atomic E-state index is -0.376. The Labute approximate surface area is 158 Å². The molecule has 0 bridgehead atoms. The molecule has 2 aromatic heterocycles. The van der Waals surface area contributed by atoms with E-state index in [-0.39, 0.29) is 25.2 Å². The highest BCUT2D eigenvalue weighted by Crippen LogP contribution is 2.32. The van der Waals surface area contributed by atoms with Gasteiger partial charge in [-0.1, -0.05) is 0 Å². The standard InChI is InChI=1S/C18H14N4O4S/c23-16(22-18-21-13(9-27-18)12-2-1-5-19-7-12)8-20-17(24)11-3-4-14-15(6-11)26-10-25-14/h1-7,9H,8,10H2,(H,20,24)(H,21,22,23). The lowest BCUT2D eigenvalue weighted by molar-refractivity contribution is -0.115. The maximum absolute atomic E-state index is 12.2. The summed E-state index contributed by atoms with van der Waals surface area (Å²) in [6.45, 7) is -0.0350. The number of hydrogen-bond acceptors (Lipinski definition) is 7. The Balaban J connectivity index is 1.32. The molecule has 0 atom stereocenters. The summed E-state index contributed by atoms with van der Waals surface area (Å²) in [5.41, 5.74) is 1.98. The van der Waals surface area contributed by atoms with Gasteiger partial charge in [-0.05, 0) is 30.3 Å². The molecule has 4 rings (SSSR count). The van der Waals surface area contributed by atoms with Crippen molar-refractivity contribution in [1.82, 2.24) is 15.3 Å². The average molecular weight is 382 g/mol. The molecule has 1 aliphatic heterocycles. The molecule has 8 nitrogen and oxygen atoms in total. The Kier molecular flexibility index (Phi) is 4.67. The summed E-state index contributed by atoms with van der Waals surface area (Å²) >= 11 is 1.30. The zero-order valence-corrected chi connectivity index (χ0v) is 14.8. The van der Waals surface area contributed by atoms with Crippen LogP contribution in [-0.4, -0.2) is 35.1 Å². The zero-order valence-electron chi connectivity index (χ0n) is 14.0. The van der Waals surface area contributed by atoms with E-state index in [2.05, 4.69) is 20.6 Å². The number of fused-ring (bicyclic) bond motifs is 1. The van der Waals surface area contributed by atoms with Gasteiger partial charge in [0.15, 0.2) is 16.6 Å². The topological polar surface area (TPSA) is 102 Å². The molecule has 0 fully saturated rings. The number of anilines is 1. The molecule has 3 heterocycles. The van der Waals surface area contributed by atoms with Crippen LogP contribution in [0.4, 0.5) is 5.13 Å². The quantitative estimate of drug-likeness (QED) is 0.702. The van der Waals surface area contributed by atoms with Crippen molar-refractivity contribution in [2.24, 2.45) is 0 Å². The lowest BCUT2D eigenvalue weighted by Crippen LogP contribution is -2.32. The number of thiazole rings is 1. The average Bonchev–Trinajstić information content (AvgIpc) is 3.35. The van der Waals surface area contributed by atoms with Gasteiger partial charge in [0.1, 0.15) is 0 Å². The summed E-state index contributed by atoms with van der Waals surface area (Å²) in [4.78, 5) is 32.6. The van der Waals surface area contributed by atoms with Crippen LogP contribution < -0.4 is 20.1 Å². The number of benzene rings is 1. The molecular formula is C18H14N4O4S. The van der Waals surface area contributed by atoms with Crippen LogP contribution in [0.25, 0.3) is 11.3 Å². The number of rotatable bonds is 5. The van der Waals surface area contributed by atoms with Crippen LogP contribution in [-0.2, 0) is 4.79 Å². The third-order valence-electron chi connectivity index (χ3n) is 3.75. The second kappa shape index (κ2) is 7.42. The third-order valence-corrected chi connectivity index (χ3v) is 4.51. The van der Waals surface area contributed by atoms with Crippen molar-refractivity contribution >= 4 is 28.3 Å². The predicted octanol–water partition coefficient (Wildman–Crippen LogP) is 2.30. The number of ether oxygens (including phenoxy) is 2. The smallest absolute Gasteiger partial charge is 0.251 e. The van der Waals surface area contributed by atoms with Gasteiger partial charge in [-0.3, -0.25) is 14.6 Å². The van der Waals surface area contributed by atoms with Gasteiger partial charge in [-0.15, -0.1) is 11.3 Å². The predicted molar refractivity (Wildman–Crippen MR) is 98.9 cm³/mol. The van der Waals surface area contributed by atoms with Crippen molar-refractivity contribution in [1.29, 1.82) is 0 Å². The van der Waals surface area contributed by atoms with E-state index in [1.807, 2.05) is 17.5 Å². The number of hydrogen-bond donors (Lipinski definition) is 2. The summed E-state index contributed by atoms with van der Waals surface area (Å²) in [5.74, 6) is 0.366. The summed E-state index contributed by atoms with van der Waals surface area (Å²) in [5, 5.41) is 7.52. The third kappa shape index (κ3) is 3.87. The van der Waals surface area contributed by atoms with Gasteiger partial charge < -0.3 is 20.1 Å². The van der Waals surface area contributed by atoms with Crippen LogP contribution in [0.2, 0.25) is 0 Å². The maximum Gasteiger partial charge on any atom is 0.251 e. The van der Waals surface area contributed by atoms with Crippen LogP contribution in [0.1, 0.15) is 10.4 Å². The minimum Gasteiger partial charge on any atom is -0.454 e. The Bertz CT molecular complexity index is 990. The number of pyridine rings is 1. The summed E-state index contributed by atoms with van der Waals surface area (Å²) in [7, 11) is 0. The van der Waals surface area contributed by atoms with E-state index in [1.54, 1.807) is 30.6 Å². The van der Waals surface area contributed by atoms with E-state index >= 15 is 0 Å². The second-order valence-corrected chi connectivity index (χ2v) is 6.44. The minimum absolute atomic E-state index is 0.137.